The number of rotatable bonds is 3. The van der Waals surface area contributed by atoms with Crippen molar-refractivity contribution in [2.24, 2.45) is 0 Å². The van der Waals surface area contributed by atoms with Crippen molar-refractivity contribution in [1.29, 1.82) is 0 Å². The minimum Gasteiger partial charge on any atom is -0.323 e. The van der Waals surface area contributed by atoms with Gasteiger partial charge in [0, 0.05) is 12.5 Å². The monoisotopic (exact) mass is 285 g/mol. The van der Waals surface area contributed by atoms with E-state index in [-0.39, 0.29) is 0 Å². The molecule has 0 bridgehead atoms. The zero-order chi connectivity index (χ0) is 14.7. The number of nitrogens with one attached hydrogen (secondary N) is 1. The molecule has 1 fully saturated rings. The van der Waals surface area contributed by atoms with Crippen LogP contribution in [0.3, 0.4) is 0 Å². The molecule has 0 aliphatic heterocycles. The molecule has 3 nitrogen and oxygen atoms in total. The van der Waals surface area contributed by atoms with Crippen molar-refractivity contribution < 1.29 is 0 Å². The molecule has 1 aromatic heterocycles. The van der Waals surface area contributed by atoms with Gasteiger partial charge in [-0.1, -0.05) is 44.7 Å². The second-order valence-electron chi connectivity index (χ2n) is 6.19. The van der Waals surface area contributed by atoms with Crippen LogP contribution in [0.2, 0.25) is 0 Å². The average molecular weight is 285 g/mol. The van der Waals surface area contributed by atoms with E-state index in [0.717, 1.165) is 11.9 Å². The van der Waals surface area contributed by atoms with Crippen molar-refractivity contribution in [1.82, 2.24) is 14.9 Å². The molecule has 3 heteroatoms. The van der Waals surface area contributed by atoms with Crippen LogP contribution in [0, 0.1) is 0 Å². The van der Waals surface area contributed by atoms with Gasteiger partial charge in [0.25, 0.3) is 0 Å². The van der Waals surface area contributed by atoms with E-state index in [1.165, 1.54) is 49.9 Å². The molecule has 0 radical (unpaired) electrons. The van der Waals surface area contributed by atoms with Crippen LogP contribution in [0.4, 0.5) is 0 Å². The summed E-state index contributed by atoms with van der Waals surface area (Å²) in [5.41, 5.74) is 2.45. The van der Waals surface area contributed by atoms with Crippen LogP contribution in [0.15, 0.2) is 24.3 Å². The summed E-state index contributed by atoms with van der Waals surface area (Å²) < 4.78 is 2.53. The van der Waals surface area contributed by atoms with Gasteiger partial charge >= 0.3 is 0 Å². The first-order valence-electron chi connectivity index (χ1n) is 8.48. The van der Waals surface area contributed by atoms with E-state index in [4.69, 9.17) is 4.98 Å². The number of nitrogens with zero attached hydrogens (tertiary/aromatic N) is 2. The summed E-state index contributed by atoms with van der Waals surface area (Å²) in [6.45, 7) is 2.22. The van der Waals surface area contributed by atoms with Gasteiger partial charge in [-0.05, 0) is 32.0 Å². The third-order valence-corrected chi connectivity index (χ3v) is 4.92. The lowest BCUT2D eigenvalue weighted by Gasteiger charge is -2.31. The smallest absolute Gasteiger partial charge is 0.109 e. The highest BCUT2D eigenvalue weighted by Crippen LogP contribution is 2.31. The normalized spacial score (nSPS) is 23.9. The van der Waals surface area contributed by atoms with Crippen molar-refractivity contribution in [2.45, 2.75) is 64.0 Å². The van der Waals surface area contributed by atoms with Gasteiger partial charge < -0.3 is 9.88 Å². The SMILES string of the molecule is CCc1nc2ccccc2n1C1CCCCCCC1NC. The molecular formula is C18H27N3. The standard InChI is InChI=1S/C18H27N3/c1-3-18-20-15-11-8-9-13-17(15)21(18)16-12-7-5-4-6-10-14(16)19-2/h8-9,11,13-14,16,19H,3-7,10,12H2,1-2H3. The summed E-state index contributed by atoms with van der Waals surface area (Å²) in [6.07, 6.45) is 8.98. The lowest BCUT2D eigenvalue weighted by molar-refractivity contribution is 0.295. The molecule has 1 aliphatic rings. The largest absolute Gasteiger partial charge is 0.323 e. The molecule has 1 saturated carbocycles. The highest BCUT2D eigenvalue weighted by atomic mass is 15.1. The molecule has 0 spiro atoms. The summed E-state index contributed by atoms with van der Waals surface area (Å²) >= 11 is 0. The van der Waals surface area contributed by atoms with Crippen LogP contribution >= 0.6 is 0 Å². The van der Waals surface area contributed by atoms with Gasteiger partial charge in [0.15, 0.2) is 0 Å². The fourth-order valence-electron chi connectivity index (χ4n) is 3.82. The van der Waals surface area contributed by atoms with Crippen LogP contribution in [0.1, 0.15) is 57.3 Å². The number of aryl methyl sites for hydroxylation is 1. The third kappa shape index (κ3) is 2.84. The Balaban J connectivity index is 2.06. The van der Waals surface area contributed by atoms with Crippen molar-refractivity contribution in [3.63, 3.8) is 0 Å². The van der Waals surface area contributed by atoms with Crippen LogP contribution in [0.5, 0.6) is 0 Å². The Morgan fingerprint density at radius 3 is 2.67 bits per heavy atom. The average Bonchev–Trinajstić information content (AvgIpc) is 2.86. The Labute approximate surface area is 127 Å². The minimum absolute atomic E-state index is 0.539. The number of hydrogen-bond acceptors (Lipinski definition) is 2. The van der Waals surface area contributed by atoms with Crippen LogP contribution in [-0.4, -0.2) is 22.6 Å². The summed E-state index contributed by atoms with van der Waals surface area (Å²) in [5.74, 6) is 1.24. The zero-order valence-corrected chi connectivity index (χ0v) is 13.3. The van der Waals surface area contributed by atoms with E-state index in [9.17, 15) is 0 Å². The van der Waals surface area contributed by atoms with E-state index in [1.54, 1.807) is 0 Å². The molecule has 21 heavy (non-hydrogen) atoms. The van der Waals surface area contributed by atoms with Gasteiger partial charge in [-0.15, -0.1) is 0 Å². The number of para-hydroxylation sites is 2. The Bertz CT molecular complexity index is 587. The molecule has 3 rings (SSSR count). The van der Waals surface area contributed by atoms with Crippen LogP contribution in [0.25, 0.3) is 11.0 Å². The summed E-state index contributed by atoms with van der Waals surface area (Å²) in [5, 5.41) is 3.58. The second kappa shape index (κ2) is 6.61. The Hall–Kier alpha value is -1.35. The Kier molecular flexibility index (Phi) is 4.59. The maximum Gasteiger partial charge on any atom is 0.109 e. The molecule has 2 unspecified atom stereocenters. The highest BCUT2D eigenvalue weighted by molar-refractivity contribution is 5.76. The first-order valence-corrected chi connectivity index (χ1v) is 8.48. The first-order chi connectivity index (χ1) is 10.3. The topological polar surface area (TPSA) is 29.9 Å². The molecule has 0 saturated heterocycles. The number of fused-ring (bicyclic) bond motifs is 1. The summed E-state index contributed by atoms with van der Waals surface area (Å²) in [4.78, 5) is 4.86. The number of likely N-dealkylation sites (N-methyl/N-ethyl adjacent to an activating group) is 1. The third-order valence-electron chi connectivity index (χ3n) is 4.92. The lowest BCUT2D eigenvalue weighted by atomic mass is 9.92. The predicted octanol–water partition coefficient (Wildman–Crippen LogP) is 4.08. The number of benzene rings is 1. The van der Waals surface area contributed by atoms with Crippen LogP contribution < -0.4 is 5.32 Å². The van der Waals surface area contributed by atoms with Gasteiger partial charge in [0.1, 0.15) is 5.82 Å². The number of imidazole rings is 1. The zero-order valence-electron chi connectivity index (χ0n) is 13.3. The van der Waals surface area contributed by atoms with Gasteiger partial charge in [-0.3, -0.25) is 0 Å². The van der Waals surface area contributed by atoms with E-state index < -0.39 is 0 Å². The van der Waals surface area contributed by atoms with E-state index >= 15 is 0 Å². The number of hydrogen-bond donors (Lipinski definition) is 1. The first kappa shape index (κ1) is 14.6. The van der Waals surface area contributed by atoms with E-state index in [0.29, 0.717) is 12.1 Å². The van der Waals surface area contributed by atoms with E-state index in [2.05, 4.69) is 48.1 Å². The quantitative estimate of drug-likeness (QED) is 0.921. The van der Waals surface area contributed by atoms with Gasteiger partial charge in [-0.25, -0.2) is 4.98 Å². The number of aromatic nitrogens is 2. The molecule has 2 aromatic rings. The summed E-state index contributed by atoms with van der Waals surface area (Å²) in [7, 11) is 2.12. The highest BCUT2D eigenvalue weighted by Gasteiger charge is 2.26. The molecule has 0 amide bonds. The molecule has 1 N–H and O–H groups in total. The molecule has 1 heterocycles. The molecule has 1 aromatic carbocycles. The van der Waals surface area contributed by atoms with Gasteiger partial charge in [-0.2, -0.15) is 0 Å². The van der Waals surface area contributed by atoms with E-state index in [1.807, 2.05) is 0 Å². The van der Waals surface area contributed by atoms with Crippen molar-refractivity contribution in [2.75, 3.05) is 7.05 Å². The molecule has 2 atom stereocenters. The Morgan fingerprint density at radius 2 is 1.90 bits per heavy atom. The fourth-order valence-corrected chi connectivity index (χ4v) is 3.82. The maximum absolute atomic E-state index is 4.86. The molecule has 114 valence electrons. The fraction of sp³-hybridized carbons (Fsp3) is 0.611. The van der Waals surface area contributed by atoms with Crippen molar-refractivity contribution >= 4 is 11.0 Å². The second-order valence-corrected chi connectivity index (χ2v) is 6.19. The van der Waals surface area contributed by atoms with Crippen molar-refractivity contribution in [3.8, 4) is 0 Å². The predicted molar refractivity (Wildman–Crippen MR) is 88.7 cm³/mol. The van der Waals surface area contributed by atoms with Gasteiger partial charge in [0.2, 0.25) is 0 Å². The molecular weight excluding hydrogens is 258 g/mol. The van der Waals surface area contributed by atoms with Gasteiger partial charge in [0.05, 0.1) is 17.1 Å². The minimum atomic E-state index is 0.539. The van der Waals surface area contributed by atoms with Crippen molar-refractivity contribution in [3.05, 3.63) is 30.1 Å². The van der Waals surface area contributed by atoms with Crippen LogP contribution in [-0.2, 0) is 6.42 Å². The lowest BCUT2D eigenvalue weighted by Crippen LogP contribution is -2.36. The maximum atomic E-state index is 4.86. The summed E-state index contributed by atoms with van der Waals surface area (Å²) in [6, 6.07) is 9.70. The Morgan fingerprint density at radius 1 is 1.14 bits per heavy atom. The molecule has 1 aliphatic carbocycles.